The maximum atomic E-state index is 11.8. The van der Waals surface area contributed by atoms with Crippen molar-refractivity contribution in [3.63, 3.8) is 0 Å². The van der Waals surface area contributed by atoms with Crippen molar-refractivity contribution in [2.45, 2.75) is 13.8 Å². The lowest BCUT2D eigenvalue weighted by Gasteiger charge is -2.00. The zero-order valence-electron chi connectivity index (χ0n) is 9.59. The number of hydrogen-bond acceptors (Lipinski definition) is 6. The van der Waals surface area contributed by atoms with Crippen LogP contribution in [0.3, 0.4) is 0 Å². The summed E-state index contributed by atoms with van der Waals surface area (Å²) in [6.45, 7) is 3.30. The average Bonchev–Trinajstić information content (AvgIpc) is 2.91. The zero-order valence-corrected chi connectivity index (χ0v) is 9.59. The third-order valence-corrected chi connectivity index (χ3v) is 2.27. The molecule has 8 nitrogen and oxygen atoms in total. The fraction of sp³-hybridized carbons (Fsp3) is 0.200. The molecule has 0 aliphatic rings. The van der Waals surface area contributed by atoms with E-state index in [1.807, 2.05) is 0 Å². The van der Waals surface area contributed by atoms with E-state index in [2.05, 4.69) is 10.5 Å². The third-order valence-electron chi connectivity index (χ3n) is 2.27. The second-order valence-corrected chi connectivity index (χ2v) is 3.55. The van der Waals surface area contributed by atoms with Crippen LogP contribution in [0.2, 0.25) is 0 Å². The summed E-state index contributed by atoms with van der Waals surface area (Å²) in [4.78, 5) is 21.5. The van der Waals surface area contributed by atoms with E-state index in [0.717, 1.165) is 6.07 Å². The van der Waals surface area contributed by atoms with E-state index in [4.69, 9.17) is 8.94 Å². The Hall–Kier alpha value is -2.64. The van der Waals surface area contributed by atoms with Gasteiger partial charge < -0.3 is 14.3 Å². The summed E-state index contributed by atoms with van der Waals surface area (Å²) < 4.78 is 9.65. The predicted molar refractivity (Wildman–Crippen MR) is 59.3 cm³/mol. The first-order valence-corrected chi connectivity index (χ1v) is 4.97. The minimum atomic E-state index is -0.716. The summed E-state index contributed by atoms with van der Waals surface area (Å²) in [5, 5.41) is 16.6. The van der Waals surface area contributed by atoms with E-state index in [-0.39, 0.29) is 5.76 Å². The van der Waals surface area contributed by atoms with E-state index in [1.54, 1.807) is 13.8 Å². The van der Waals surface area contributed by atoms with Crippen LogP contribution >= 0.6 is 0 Å². The minimum absolute atomic E-state index is 0.151. The number of nitrogens with zero attached hydrogens (tertiary/aromatic N) is 2. The Kier molecular flexibility index (Phi) is 2.84. The van der Waals surface area contributed by atoms with Crippen molar-refractivity contribution in [1.29, 1.82) is 0 Å². The molecule has 0 unspecified atom stereocenters. The average molecular weight is 251 g/mol. The fourth-order valence-corrected chi connectivity index (χ4v) is 1.38. The van der Waals surface area contributed by atoms with E-state index >= 15 is 0 Å². The normalized spacial score (nSPS) is 10.3. The number of aryl methyl sites for hydroxylation is 2. The minimum Gasteiger partial charge on any atom is -0.395 e. The zero-order chi connectivity index (χ0) is 13.3. The Morgan fingerprint density at radius 1 is 1.44 bits per heavy atom. The van der Waals surface area contributed by atoms with Crippen LogP contribution in [0.1, 0.15) is 22.0 Å². The molecule has 8 heteroatoms. The number of nitrogens with one attached hydrogen (secondary N) is 1. The van der Waals surface area contributed by atoms with Crippen molar-refractivity contribution in [2.24, 2.45) is 0 Å². The molecular weight excluding hydrogens is 242 g/mol. The van der Waals surface area contributed by atoms with Crippen LogP contribution < -0.4 is 5.32 Å². The van der Waals surface area contributed by atoms with Gasteiger partial charge in [0.15, 0.2) is 11.5 Å². The Morgan fingerprint density at radius 3 is 2.67 bits per heavy atom. The van der Waals surface area contributed by atoms with Gasteiger partial charge >= 0.3 is 5.88 Å². The van der Waals surface area contributed by atoms with Crippen molar-refractivity contribution < 1.29 is 18.7 Å². The maximum absolute atomic E-state index is 11.8. The molecule has 0 radical (unpaired) electrons. The van der Waals surface area contributed by atoms with Crippen molar-refractivity contribution >= 4 is 17.5 Å². The molecule has 2 rings (SSSR count). The van der Waals surface area contributed by atoms with Gasteiger partial charge in [-0.05, 0) is 19.9 Å². The SMILES string of the molecule is Cc1noc(C)c1NC(=O)c1ccc([N+](=O)[O-])o1. The fourth-order valence-electron chi connectivity index (χ4n) is 1.38. The van der Waals surface area contributed by atoms with Gasteiger partial charge in [-0.15, -0.1) is 0 Å². The van der Waals surface area contributed by atoms with E-state index < -0.39 is 16.7 Å². The van der Waals surface area contributed by atoms with Crippen molar-refractivity contribution in [2.75, 3.05) is 5.32 Å². The van der Waals surface area contributed by atoms with Crippen molar-refractivity contribution in [1.82, 2.24) is 5.16 Å². The number of rotatable bonds is 3. The van der Waals surface area contributed by atoms with Crippen molar-refractivity contribution in [3.8, 4) is 0 Å². The number of nitro groups is 1. The number of carbonyl (C=O) groups is 1. The lowest BCUT2D eigenvalue weighted by Crippen LogP contribution is -2.11. The molecular formula is C10H9N3O5. The first kappa shape index (κ1) is 11.8. The molecule has 0 aliphatic heterocycles. The molecule has 0 saturated heterocycles. The van der Waals surface area contributed by atoms with E-state index in [1.165, 1.54) is 6.07 Å². The first-order valence-electron chi connectivity index (χ1n) is 4.97. The van der Waals surface area contributed by atoms with Crippen LogP contribution in [0.25, 0.3) is 0 Å². The Labute approximate surface area is 101 Å². The second-order valence-electron chi connectivity index (χ2n) is 3.55. The molecule has 18 heavy (non-hydrogen) atoms. The van der Waals surface area contributed by atoms with Crippen LogP contribution in [-0.2, 0) is 0 Å². The topological polar surface area (TPSA) is 111 Å². The van der Waals surface area contributed by atoms with Gasteiger partial charge in [-0.3, -0.25) is 14.9 Å². The molecule has 2 aromatic rings. The highest BCUT2D eigenvalue weighted by molar-refractivity contribution is 6.02. The van der Waals surface area contributed by atoms with Gasteiger partial charge in [0.1, 0.15) is 16.3 Å². The summed E-state index contributed by atoms with van der Waals surface area (Å²) in [5.41, 5.74) is 0.945. The van der Waals surface area contributed by atoms with Gasteiger partial charge in [0, 0.05) is 0 Å². The van der Waals surface area contributed by atoms with Crippen molar-refractivity contribution in [3.05, 3.63) is 39.5 Å². The number of amides is 1. The van der Waals surface area contributed by atoms with E-state index in [0.29, 0.717) is 17.1 Å². The lowest BCUT2D eigenvalue weighted by atomic mass is 10.3. The molecule has 0 atom stereocenters. The molecule has 1 N–H and O–H groups in total. The molecule has 2 aromatic heterocycles. The highest BCUT2D eigenvalue weighted by Gasteiger charge is 2.19. The number of anilines is 1. The van der Waals surface area contributed by atoms with Gasteiger partial charge in [0.25, 0.3) is 5.91 Å². The quantitative estimate of drug-likeness (QED) is 0.659. The molecule has 0 aliphatic carbocycles. The van der Waals surface area contributed by atoms with Crippen LogP contribution in [0.15, 0.2) is 21.1 Å². The Bertz CT molecular complexity index is 593. The predicted octanol–water partition coefficient (Wildman–Crippen LogP) is 2.04. The van der Waals surface area contributed by atoms with Crippen LogP contribution in [0.4, 0.5) is 11.6 Å². The van der Waals surface area contributed by atoms with Crippen LogP contribution in [0.5, 0.6) is 0 Å². The van der Waals surface area contributed by atoms with Gasteiger partial charge in [0.05, 0.1) is 6.07 Å². The van der Waals surface area contributed by atoms with Gasteiger partial charge in [0.2, 0.25) is 0 Å². The Balaban J connectivity index is 2.19. The monoisotopic (exact) mass is 251 g/mol. The summed E-state index contributed by atoms with van der Waals surface area (Å²) in [6, 6.07) is 2.34. The lowest BCUT2D eigenvalue weighted by molar-refractivity contribution is -0.402. The van der Waals surface area contributed by atoms with E-state index in [9.17, 15) is 14.9 Å². The van der Waals surface area contributed by atoms with Crippen LogP contribution in [-0.4, -0.2) is 16.0 Å². The smallest absolute Gasteiger partial charge is 0.395 e. The molecule has 94 valence electrons. The number of aromatic nitrogens is 1. The van der Waals surface area contributed by atoms with Gasteiger partial charge in [-0.2, -0.15) is 0 Å². The molecule has 0 saturated carbocycles. The standard InChI is InChI=1S/C10H9N3O5/c1-5-9(6(2)18-12-5)11-10(14)7-3-4-8(17-7)13(15)16/h3-4H,1-2H3,(H,11,14). The molecule has 2 heterocycles. The largest absolute Gasteiger partial charge is 0.433 e. The molecule has 0 aromatic carbocycles. The highest BCUT2D eigenvalue weighted by Crippen LogP contribution is 2.21. The highest BCUT2D eigenvalue weighted by atomic mass is 16.6. The number of carbonyl (C=O) groups excluding carboxylic acids is 1. The molecule has 0 bridgehead atoms. The first-order chi connectivity index (χ1) is 8.49. The summed E-state index contributed by atoms with van der Waals surface area (Å²) in [6.07, 6.45) is 0. The summed E-state index contributed by atoms with van der Waals surface area (Å²) in [7, 11) is 0. The summed E-state index contributed by atoms with van der Waals surface area (Å²) in [5.74, 6) is -0.792. The van der Waals surface area contributed by atoms with Gasteiger partial charge in [-0.25, -0.2) is 0 Å². The molecule has 0 fully saturated rings. The Morgan fingerprint density at radius 2 is 2.17 bits per heavy atom. The molecule has 0 spiro atoms. The second kappa shape index (κ2) is 4.32. The number of hydrogen-bond donors (Lipinski definition) is 1. The third kappa shape index (κ3) is 2.08. The van der Waals surface area contributed by atoms with Crippen LogP contribution in [0, 0.1) is 24.0 Å². The molecule has 1 amide bonds. The van der Waals surface area contributed by atoms with Gasteiger partial charge in [-0.1, -0.05) is 5.16 Å². The maximum Gasteiger partial charge on any atom is 0.433 e. The number of furan rings is 1. The summed E-state index contributed by atoms with van der Waals surface area (Å²) >= 11 is 0.